The minimum Gasteiger partial charge on any atom is -0.466 e. The van der Waals surface area contributed by atoms with E-state index in [1.807, 2.05) is 4.90 Å². The number of ketones is 1. The highest BCUT2D eigenvalue weighted by Crippen LogP contribution is 2.29. The van der Waals surface area contributed by atoms with Gasteiger partial charge >= 0.3 is 5.97 Å². The summed E-state index contributed by atoms with van der Waals surface area (Å²) in [7, 11) is 0. The number of rotatable bonds is 5. The lowest BCUT2D eigenvalue weighted by atomic mass is 9.95. The minimum atomic E-state index is -0.492. The molecule has 0 spiro atoms. The summed E-state index contributed by atoms with van der Waals surface area (Å²) in [6.45, 7) is 4.80. The Labute approximate surface area is 158 Å². The van der Waals surface area contributed by atoms with Crippen molar-refractivity contribution in [3.8, 4) is 0 Å². The molecule has 7 heteroatoms. The number of carbonyl (C=O) groups excluding carboxylic acids is 4. The largest absolute Gasteiger partial charge is 0.466 e. The van der Waals surface area contributed by atoms with Crippen molar-refractivity contribution in [3.63, 3.8) is 0 Å². The van der Waals surface area contributed by atoms with E-state index in [9.17, 15) is 19.2 Å². The molecule has 144 valence electrons. The summed E-state index contributed by atoms with van der Waals surface area (Å²) in [6.07, 6.45) is 1.39. The molecule has 1 aromatic rings. The third-order valence-electron chi connectivity index (χ3n) is 5.25. The fourth-order valence-electron chi connectivity index (χ4n) is 3.72. The molecular formula is C20H24N2O5. The van der Waals surface area contributed by atoms with Crippen LogP contribution >= 0.6 is 0 Å². The van der Waals surface area contributed by atoms with Gasteiger partial charge in [0.05, 0.1) is 30.7 Å². The van der Waals surface area contributed by atoms with E-state index in [0.29, 0.717) is 43.8 Å². The second-order valence-corrected chi connectivity index (χ2v) is 6.95. The first-order chi connectivity index (χ1) is 12.9. The molecule has 0 aromatic heterocycles. The number of piperidine rings is 1. The third-order valence-corrected chi connectivity index (χ3v) is 5.25. The Hall–Kier alpha value is -2.54. The summed E-state index contributed by atoms with van der Waals surface area (Å²) in [4.78, 5) is 51.8. The van der Waals surface area contributed by atoms with Crippen molar-refractivity contribution >= 4 is 29.3 Å². The molecule has 7 nitrogen and oxygen atoms in total. The number of likely N-dealkylation sites (tertiary alicyclic amines) is 1. The van der Waals surface area contributed by atoms with Gasteiger partial charge in [0.25, 0.3) is 5.91 Å². The van der Waals surface area contributed by atoms with Gasteiger partial charge in [0.15, 0.2) is 5.78 Å². The Morgan fingerprint density at radius 2 is 1.74 bits per heavy atom. The quantitative estimate of drug-likeness (QED) is 0.445. The number of hydrogen-bond acceptors (Lipinski definition) is 6. The molecular weight excluding hydrogens is 348 g/mol. The first kappa shape index (κ1) is 19.2. The number of benzene rings is 1. The van der Waals surface area contributed by atoms with Crippen LogP contribution in [0.4, 0.5) is 5.69 Å². The topological polar surface area (TPSA) is 84.0 Å². The molecule has 27 heavy (non-hydrogen) atoms. The van der Waals surface area contributed by atoms with E-state index in [-0.39, 0.29) is 35.9 Å². The lowest BCUT2D eigenvalue weighted by molar-refractivity contribution is -0.149. The van der Waals surface area contributed by atoms with E-state index in [0.717, 1.165) is 0 Å². The number of amides is 2. The fraction of sp³-hybridized carbons (Fsp3) is 0.500. The molecule has 2 heterocycles. The first-order valence-electron chi connectivity index (χ1n) is 9.30. The molecule has 1 atom stereocenters. The molecule has 0 bridgehead atoms. The van der Waals surface area contributed by atoms with Gasteiger partial charge in [-0.3, -0.25) is 24.1 Å². The van der Waals surface area contributed by atoms with Crippen LogP contribution in [-0.4, -0.2) is 54.2 Å². The number of carbonyl (C=O) groups is 4. The Bertz CT molecular complexity index is 750. The average Bonchev–Trinajstić information content (AvgIpc) is 2.96. The van der Waals surface area contributed by atoms with Crippen LogP contribution in [0.15, 0.2) is 24.3 Å². The lowest BCUT2D eigenvalue weighted by Gasteiger charge is -2.33. The Morgan fingerprint density at radius 3 is 2.30 bits per heavy atom. The summed E-state index contributed by atoms with van der Waals surface area (Å²) >= 11 is 0. The van der Waals surface area contributed by atoms with Crippen molar-refractivity contribution in [3.05, 3.63) is 29.8 Å². The van der Waals surface area contributed by atoms with Crippen LogP contribution in [0.1, 0.15) is 43.5 Å². The Balaban J connectivity index is 1.66. The molecule has 0 saturated carbocycles. The summed E-state index contributed by atoms with van der Waals surface area (Å²) < 4.78 is 5.07. The van der Waals surface area contributed by atoms with E-state index in [4.69, 9.17) is 4.74 Å². The minimum absolute atomic E-state index is 0.0667. The van der Waals surface area contributed by atoms with Crippen LogP contribution < -0.4 is 4.90 Å². The molecule has 0 aliphatic carbocycles. The zero-order chi connectivity index (χ0) is 19.6. The Kier molecular flexibility index (Phi) is 5.70. The van der Waals surface area contributed by atoms with Crippen LogP contribution in [0.2, 0.25) is 0 Å². The highest BCUT2D eigenvalue weighted by Gasteiger charge is 2.44. The molecule has 2 aliphatic heterocycles. The van der Waals surface area contributed by atoms with Crippen molar-refractivity contribution in [1.82, 2.24) is 4.90 Å². The van der Waals surface area contributed by atoms with Crippen molar-refractivity contribution in [2.45, 2.75) is 39.2 Å². The number of anilines is 1. The third kappa shape index (κ3) is 3.93. The first-order valence-corrected chi connectivity index (χ1v) is 9.30. The van der Waals surface area contributed by atoms with Gasteiger partial charge in [0, 0.05) is 5.56 Å². The van der Waals surface area contributed by atoms with Gasteiger partial charge in [-0.2, -0.15) is 0 Å². The molecule has 2 saturated heterocycles. The normalized spacial score (nSPS) is 21.6. The highest BCUT2D eigenvalue weighted by atomic mass is 16.5. The second kappa shape index (κ2) is 8.00. The predicted molar refractivity (Wildman–Crippen MR) is 98.3 cm³/mol. The van der Waals surface area contributed by atoms with Crippen molar-refractivity contribution in [2.24, 2.45) is 5.92 Å². The molecule has 0 N–H and O–H groups in total. The van der Waals surface area contributed by atoms with E-state index in [2.05, 4.69) is 0 Å². The summed E-state index contributed by atoms with van der Waals surface area (Å²) in [5.74, 6) is -0.872. The number of hydrogen-bond donors (Lipinski definition) is 0. The summed E-state index contributed by atoms with van der Waals surface area (Å²) in [5, 5.41) is 0. The summed E-state index contributed by atoms with van der Waals surface area (Å²) in [6, 6.07) is 6.00. The van der Waals surface area contributed by atoms with E-state index in [1.165, 1.54) is 11.8 Å². The van der Waals surface area contributed by atoms with Crippen LogP contribution in [0.3, 0.4) is 0 Å². The zero-order valence-corrected chi connectivity index (χ0v) is 15.6. The maximum absolute atomic E-state index is 12.9. The van der Waals surface area contributed by atoms with Crippen molar-refractivity contribution in [1.29, 1.82) is 0 Å². The average molecular weight is 372 g/mol. The Morgan fingerprint density at radius 1 is 1.11 bits per heavy atom. The molecule has 0 radical (unpaired) electrons. The van der Waals surface area contributed by atoms with Gasteiger partial charge in [-0.15, -0.1) is 0 Å². The van der Waals surface area contributed by atoms with Crippen LogP contribution in [0.5, 0.6) is 0 Å². The number of imide groups is 1. The van der Waals surface area contributed by atoms with Gasteiger partial charge in [0.2, 0.25) is 5.91 Å². The highest BCUT2D eigenvalue weighted by molar-refractivity contribution is 6.22. The fourth-order valence-corrected chi connectivity index (χ4v) is 3.72. The van der Waals surface area contributed by atoms with Crippen molar-refractivity contribution < 1.29 is 23.9 Å². The van der Waals surface area contributed by atoms with Gasteiger partial charge in [-0.05, 0) is 64.0 Å². The van der Waals surface area contributed by atoms with Crippen molar-refractivity contribution in [2.75, 3.05) is 24.6 Å². The SMILES string of the molecule is CCOC(=O)C1CCN([C@@H]2CC(=O)N(c3ccc(C(C)=O)cc3)C2=O)CC1. The molecule has 2 amide bonds. The van der Waals surface area contributed by atoms with Crippen LogP contribution in [-0.2, 0) is 19.1 Å². The number of nitrogens with zero attached hydrogens (tertiary/aromatic N) is 2. The predicted octanol–water partition coefficient (Wildman–Crippen LogP) is 1.80. The van der Waals surface area contributed by atoms with Gasteiger partial charge < -0.3 is 4.74 Å². The summed E-state index contributed by atoms with van der Waals surface area (Å²) in [5.41, 5.74) is 1.02. The van der Waals surface area contributed by atoms with E-state index >= 15 is 0 Å². The second-order valence-electron chi connectivity index (χ2n) is 6.95. The maximum Gasteiger partial charge on any atom is 0.309 e. The lowest BCUT2D eigenvalue weighted by Crippen LogP contribution is -2.47. The number of Topliss-reactive ketones (excluding diaryl/α,β-unsaturated/α-hetero) is 1. The zero-order valence-electron chi connectivity index (χ0n) is 15.6. The van der Waals surface area contributed by atoms with Gasteiger partial charge in [-0.1, -0.05) is 0 Å². The molecule has 1 aromatic carbocycles. The molecule has 2 fully saturated rings. The number of esters is 1. The smallest absolute Gasteiger partial charge is 0.309 e. The molecule has 3 rings (SSSR count). The van der Waals surface area contributed by atoms with Gasteiger partial charge in [0.1, 0.15) is 0 Å². The molecule has 2 aliphatic rings. The van der Waals surface area contributed by atoms with Crippen LogP contribution in [0, 0.1) is 5.92 Å². The number of ether oxygens (including phenoxy) is 1. The van der Waals surface area contributed by atoms with Gasteiger partial charge in [-0.25, -0.2) is 4.90 Å². The van der Waals surface area contributed by atoms with E-state index < -0.39 is 6.04 Å². The standard InChI is InChI=1S/C20H24N2O5/c1-3-27-20(26)15-8-10-21(11-9-15)17-12-18(24)22(19(17)25)16-6-4-14(5-7-16)13(2)23/h4-7,15,17H,3,8-12H2,1-2H3/t17-/m1/s1. The molecule has 0 unspecified atom stereocenters. The monoisotopic (exact) mass is 372 g/mol. The maximum atomic E-state index is 12.9. The van der Waals surface area contributed by atoms with E-state index in [1.54, 1.807) is 31.2 Å². The van der Waals surface area contributed by atoms with Crippen LogP contribution in [0.25, 0.3) is 0 Å².